The predicted octanol–water partition coefficient (Wildman–Crippen LogP) is 2.94. The molecule has 0 saturated heterocycles. The molecule has 0 atom stereocenters. The number of nitrogens with zero attached hydrogens (tertiary/aromatic N) is 5. The van der Waals surface area contributed by atoms with Crippen molar-refractivity contribution in [3.05, 3.63) is 63.9 Å². The van der Waals surface area contributed by atoms with E-state index in [4.69, 9.17) is 0 Å². The number of rotatable bonds is 5. The van der Waals surface area contributed by atoms with Crippen LogP contribution in [0.3, 0.4) is 0 Å². The van der Waals surface area contributed by atoms with Gasteiger partial charge in [-0.1, -0.05) is 21.1 Å². The number of carbonyl (C=O) groups excluding carboxylic acids is 1. The van der Waals surface area contributed by atoms with Crippen LogP contribution in [0.15, 0.2) is 41.0 Å². The summed E-state index contributed by atoms with van der Waals surface area (Å²) in [5.41, 5.74) is 2.93. The molecule has 7 nitrogen and oxygen atoms in total. The van der Waals surface area contributed by atoms with Crippen LogP contribution >= 0.6 is 15.9 Å². The van der Waals surface area contributed by atoms with Gasteiger partial charge in [-0.15, -0.1) is 5.10 Å². The summed E-state index contributed by atoms with van der Waals surface area (Å²) in [6.07, 6.45) is 3.79. The Morgan fingerprint density at radius 3 is 2.73 bits per heavy atom. The number of aryl methyl sites for hydroxylation is 1. The number of benzene rings is 1. The largest absolute Gasteiger partial charge is 0.345 e. The van der Waals surface area contributed by atoms with Gasteiger partial charge in [-0.05, 0) is 50.1 Å². The Bertz CT molecular complexity index is 949. The summed E-state index contributed by atoms with van der Waals surface area (Å²) in [4.78, 5) is 21.0. The van der Waals surface area contributed by atoms with Gasteiger partial charge in [0.15, 0.2) is 5.69 Å². The molecule has 0 aliphatic heterocycles. The second-order valence-corrected chi connectivity index (χ2v) is 7.18. The second-order valence-electron chi connectivity index (χ2n) is 6.26. The lowest BCUT2D eigenvalue weighted by Gasteiger charge is -2.08. The average Bonchev–Trinajstić information content (AvgIpc) is 3.39. The van der Waals surface area contributed by atoms with Crippen molar-refractivity contribution < 1.29 is 4.79 Å². The highest BCUT2D eigenvalue weighted by molar-refractivity contribution is 9.10. The molecule has 2 aromatic heterocycles. The van der Waals surface area contributed by atoms with E-state index in [0.717, 1.165) is 34.4 Å². The van der Waals surface area contributed by atoms with Crippen LogP contribution in [-0.4, -0.2) is 30.9 Å². The smallest absolute Gasteiger partial charge is 0.274 e. The molecular formula is C18H17BrN6O. The summed E-state index contributed by atoms with van der Waals surface area (Å²) >= 11 is 3.43. The van der Waals surface area contributed by atoms with Crippen LogP contribution in [0, 0.1) is 6.92 Å². The molecule has 1 saturated carbocycles. The minimum absolute atomic E-state index is 0.230. The average molecular weight is 413 g/mol. The maximum atomic E-state index is 12.7. The van der Waals surface area contributed by atoms with Gasteiger partial charge in [-0.3, -0.25) is 4.79 Å². The molecule has 1 aliphatic rings. The van der Waals surface area contributed by atoms with Crippen LogP contribution in [0.5, 0.6) is 0 Å². The number of hydrogen-bond acceptors (Lipinski definition) is 5. The Balaban J connectivity index is 1.58. The van der Waals surface area contributed by atoms with Crippen LogP contribution in [0.1, 0.15) is 46.5 Å². The summed E-state index contributed by atoms with van der Waals surface area (Å²) in [5, 5.41) is 11.3. The number of halogens is 1. The molecule has 1 N–H and O–H groups in total. The standard InChI is InChI=1S/C18H17BrN6O/c1-11-20-9-8-14(22-11)10-21-18(26)16-17(12-2-3-12)25(24-23-16)15-6-4-13(19)5-7-15/h4-9,12H,2-3,10H2,1H3,(H,21,26). The van der Waals surface area contributed by atoms with E-state index < -0.39 is 0 Å². The lowest BCUT2D eigenvalue weighted by atomic mass is 10.2. The fraction of sp³-hybridized carbons (Fsp3) is 0.278. The highest BCUT2D eigenvalue weighted by Crippen LogP contribution is 2.42. The molecule has 1 fully saturated rings. The van der Waals surface area contributed by atoms with Gasteiger partial charge in [0.25, 0.3) is 5.91 Å². The Hall–Kier alpha value is -2.61. The molecule has 0 unspecified atom stereocenters. The lowest BCUT2D eigenvalue weighted by Crippen LogP contribution is -2.25. The van der Waals surface area contributed by atoms with Crippen molar-refractivity contribution in [2.75, 3.05) is 0 Å². The minimum atomic E-state index is -0.230. The zero-order chi connectivity index (χ0) is 18.1. The molecule has 1 aromatic carbocycles. The van der Waals surface area contributed by atoms with Gasteiger partial charge in [0.05, 0.1) is 23.6 Å². The predicted molar refractivity (Wildman–Crippen MR) is 99.0 cm³/mol. The highest BCUT2D eigenvalue weighted by atomic mass is 79.9. The number of amides is 1. The first-order valence-electron chi connectivity index (χ1n) is 8.40. The van der Waals surface area contributed by atoms with Crippen LogP contribution in [-0.2, 0) is 6.54 Å². The lowest BCUT2D eigenvalue weighted by molar-refractivity contribution is 0.0944. The van der Waals surface area contributed by atoms with E-state index in [1.807, 2.05) is 31.2 Å². The molecular weight excluding hydrogens is 396 g/mol. The molecule has 2 heterocycles. The van der Waals surface area contributed by atoms with Crippen LogP contribution in [0.4, 0.5) is 0 Å². The number of hydrogen-bond donors (Lipinski definition) is 1. The van der Waals surface area contributed by atoms with Gasteiger partial charge >= 0.3 is 0 Å². The number of carbonyl (C=O) groups is 1. The van der Waals surface area contributed by atoms with E-state index in [-0.39, 0.29) is 5.91 Å². The van der Waals surface area contributed by atoms with Gasteiger partial charge in [0.2, 0.25) is 0 Å². The second kappa shape index (κ2) is 6.95. The fourth-order valence-corrected chi connectivity index (χ4v) is 3.07. The monoisotopic (exact) mass is 412 g/mol. The van der Waals surface area contributed by atoms with Crippen molar-refractivity contribution in [1.82, 2.24) is 30.3 Å². The Morgan fingerprint density at radius 1 is 1.27 bits per heavy atom. The van der Waals surface area contributed by atoms with E-state index in [0.29, 0.717) is 24.0 Å². The van der Waals surface area contributed by atoms with E-state index >= 15 is 0 Å². The Morgan fingerprint density at radius 2 is 2.04 bits per heavy atom. The van der Waals surface area contributed by atoms with Crippen molar-refractivity contribution >= 4 is 21.8 Å². The molecule has 4 rings (SSSR count). The summed E-state index contributed by atoms with van der Waals surface area (Å²) in [6.45, 7) is 2.15. The van der Waals surface area contributed by atoms with Crippen molar-refractivity contribution in [2.24, 2.45) is 0 Å². The van der Waals surface area contributed by atoms with Crippen molar-refractivity contribution in [2.45, 2.75) is 32.2 Å². The first-order chi connectivity index (χ1) is 12.6. The molecule has 0 spiro atoms. The maximum absolute atomic E-state index is 12.7. The third-order valence-electron chi connectivity index (χ3n) is 4.22. The first-order valence-corrected chi connectivity index (χ1v) is 9.19. The molecule has 3 aromatic rings. The highest BCUT2D eigenvalue weighted by Gasteiger charge is 2.34. The minimum Gasteiger partial charge on any atom is -0.345 e. The van der Waals surface area contributed by atoms with Crippen molar-refractivity contribution in [3.8, 4) is 5.69 Å². The van der Waals surface area contributed by atoms with E-state index in [1.165, 1.54) is 0 Å². The third kappa shape index (κ3) is 3.50. The number of aromatic nitrogens is 5. The summed E-state index contributed by atoms with van der Waals surface area (Å²) in [5.74, 6) is 0.777. The van der Waals surface area contributed by atoms with Gasteiger partial charge in [-0.25, -0.2) is 14.6 Å². The molecule has 26 heavy (non-hydrogen) atoms. The molecule has 132 valence electrons. The van der Waals surface area contributed by atoms with Crippen molar-refractivity contribution in [3.63, 3.8) is 0 Å². The summed E-state index contributed by atoms with van der Waals surface area (Å²) in [6, 6.07) is 9.59. The normalized spacial score (nSPS) is 13.6. The SMILES string of the molecule is Cc1nccc(CNC(=O)c2nnn(-c3ccc(Br)cc3)c2C2CC2)n1. The van der Waals surface area contributed by atoms with E-state index in [1.54, 1.807) is 16.9 Å². The van der Waals surface area contributed by atoms with Gasteiger partial charge in [0.1, 0.15) is 5.82 Å². The van der Waals surface area contributed by atoms with E-state index in [2.05, 4.69) is 41.5 Å². The Labute approximate surface area is 159 Å². The fourth-order valence-electron chi connectivity index (χ4n) is 2.81. The zero-order valence-corrected chi connectivity index (χ0v) is 15.8. The van der Waals surface area contributed by atoms with Crippen molar-refractivity contribution in [1.29, 1.82) is 0 Å². The van der Waals surface area contributed by atoms with Gasteiger partial charge in [-0.2, -0.15) is 0 Å². The van der Waals surface area contributed by atoms with Crippen LogP contribution in [0.2, 0.25) is 0 Å². The Kier molecular flexibility index (Phi) is 4.50. The third-order valence-corrected chi connectivity index (χ3v) is 4.75. The quantitative estimate of drug-likeness (QED) is 0.695. The first kappa shape index (κ1) is 16.8. The molecule has 0 radical (unpaired) electrons. The maximum Gasteiger partial charge on any atom is 0.274 e. The molecule has 1 aliphatic carbocycles. The molecule has 0 bridgehead atoms. The van der Waals surface area contributed by atoms with Gasteiger partial charge < -0.3 is 5.32 Å². The van der Waals surface area contributed by atoms with Gasteiger partial charge in [0, 0.05) is 16.6 Å². The summed E-state index contributed by atoms with van der Waals surface area (Å²) in [7, 11) is 0. The zero-order valence-electron chi connectivity index (χ0n) is 14.2. The van der Waals surface area contributed by atoms with E-state index in [9.17, 15) is 4.79 Å². The molecule has 1 amide bonds. The topological polar surface area (TPSA) is 85.6 Å². The number of nitrogens with one attached hydrogen (secondary N) is 1. The molecule has 8 heteroatoms. The summed E-state index contributed by atoms with van der Waals surface area (Å²) < 4.78 is 2.76. The van der Waals surface area contributed by atoms with Crippen LogP contribution in [0.25, 0.3) is 5.69 Å². The van der Waals surface area contributed by atoms with Crippen LogP contribution < -0.4 is 5.32 Å².